The minimum absolute atomic E-state index is 1.12. The van der Waals surface area contributed by atoms with E-state index >= 15 is 0 Å². The van der Waals surface area contributed by atoms with Crippen molar-refractivity contribution >= 4 is 43.1 Å². The van der Waals surface area contributed by atoms with Crippen LogP contribution in [0.5, 0.6) is 0 Å². The Kier molecular flexibility index (Phi) is 1.25. The zero-order valence-corrected chi connectivity index (χ0v) is 7.78. The van der Waals surface area contributed by atoms with Gasteiger partial charge in [0.1, 0.15) is 4.83 Å². The van der Waals surface area contributed by atoms with Crippen molar-refractivity contribution in [3.63, 3.8) is 0 Å². The number of hydrogen-bond acceptors (Lipinski definition) is 3. The average Bonchev–Trinajstić information content (AvgIpc) is 2.64. The predicted molar refractivity (Wildman–Crippen MR) is 55.0 cm³/mol. The molecule has 3 heterocycles. The van der Waals surface area contributed by atoms with Crippen LogP contribution in [0.1, 0.15) is 0 Å². The van der Waals surface area contributed by atoms with E-state index in [0.29, 0.717) is 0 Å². The molecule has 0 radical (unpaired) electrons. The molecule has 0 aliphatic heterocycles. The summed E-state index contributed by atoms with van der Waals surface area (Å²) in [6, 6.07) is 6.39. The highest BCUT2D eigenvalue weighted by atomic mass is 32.1. The fraction of sp³-hybridized carbons (Fsp3) is 0. The molecule has 0 spiro atoms. The van der Waals surface area contributed by atoms with Crippen molar-refractivity contribution in [2.45, 2.75) is 0 Å². The average molecular weight is 191 g/mol. The summed E-state index contributed by atoms with van der Waals surface area (Å²) >= 11 is 3.45. The van der Waals surface area contributed by atoms with Crippen LogP contribution in [0.2, 0.25) is 0 Å². The van der Waals surface area contributed by atoms with Gasteiger partial charge in [0.05, 0.1) is 10.2 Å². The van der Waals surface area contributed by atoms with Gasteiger partial charge >= 0.3 is 0 Å². The van der Waals surface area contributed by atoms with Crippen LogP contribution in [-0.4, -0.2) is 4.98 Å². The highest BCUT2D eigenvalue weighted by Crippen LogP contribution is 2.26. The first kappa shape index (κ1) is 6.57. The van der Waals surface area contributed by atoms with Gasteiger partial charge in [0.2, 0.25) is 0 Å². The summed E-state index contributed by atoms with van der Waals surface area (Å²) < 4.78 is 1.28. The molecule has 1 nitrogen and oxygen atoms in total. The van der Waals surface area contributed by atoms with Crippen molar-refractivity contribution in [1.82, 2.24) is 4.98 Å². The van der Waals surface area contributed by atoms with Crippen molar-refractivity contribution in [3.8, 4) is 0 Å². The summed E-state index contributed by atoms with van der Waals surface area (Å²) in [6.45, 7) is 0. The smallest absolute Gasteiger partial charge is 0.124 e. The van der Waals surface area contributed by atoms with Crippen molar-refractivity contribution in [2.24, 2.45) is 0 Å². The second kappa shape index (κ2) is 2.28. The Morgan fingerprint density at radius 2 is 2.00 bits per heavy atom. The summed E-state index contributed by atoms with van der Waals surface area (Å²) in [5, 5.41) is 5.43. The van der Waals surface area contributed by atoms with Crippen molar-refractivity contribution in [2.75, 3.05) is 0 Å². The van der Waals surface area contributed by atoms with Crippen LogP contribution in [0.4, 0.5) is 0 Å². The molecule has 0 aromatic carbocycles. The molecule has 58 valence electrons. The Labute approximate surface area is 77.3 Å². The zero-order chi connectivity index (χ0) is 7.97. The minimum Gasteiger partial charge on any atom is -0.236 e. The number of fused-ring (bicyclic) bond motifs is 2. The van der Waals surface area contributed by atoms with E-state index in [9.17, 15) is 0 Å². The van der Waals surface area contributed by atoms with Gasteiger partial charge < -0.3 is 0 Å². The highest BCUT2D eigenvalue weighted by Gasteiger charge is 2.00. The van der Waals surface area contributed by atoms with E-state index in [1.54, 1.807) is 22.7 Å². The highest BCUT2D eigenvalue weighted by molar-refractivity contribution is 7.18. The molecule has 0 atom stereocenters. The molecule has 3 heteroatoms. The summed E-state index contributed by atoms with van der Waals surface area (Å²) in [4.78, 5) is 5.67. The van der Waals surface area contributed by atoms with Crippen LogP contribution in [0.3, 0.4) is 0 Å². The van der Waals surface area contributed by atoms with E-state index < -0.39 is 0 Å². The molecule has 0 unspecified atom stereocenters. The first-order valence-electron chi connectivity index (χ1n) is 3.65. The lowest BCUT2D eigenvalue weighted by Crippen LogP contribution is -1.70. The molecule has 0 N–H and O–H groups in total. The van der Waals surface area contributed by atoms with Gasteiger partial charge in [-0.3, -0.25) is 0 Å². The third-order valence-corrected chi connectivity index (χ3v) is 3.53. The number of nitrogens with zero attached hydrogens (tertiary/aromatic N) is 1. The van der Waals surface area contributed by atoms with Gasteiger partial charge in [0.25, 0.3) is 0 Å². The Morgan fingerprint density at radius 1 is 1.08 bits per heavy atom. The molecular weight excluding hydrogens is 186 g/mol. The summed E-state index contributed by atoms with van der Waals surface area (Å²) in [5.41, 5.74) is 1.12. The quantitative estimate of drug-likeness (QED) is 0.530. The van der Waals surface area contributed by atoms with Crippen molar-refractivity contribution < 1.29 is 0 Å². The van der Waals surface area contributed by atoms with Crippen LogP contribution in [0.15, 0.2) is 29.0 Å². The third kappa shape index (κ3) is 0.806. The standard InChI is InChI=1S/C9H5NS2/c1-3-12-9-6(1)5-8-7(10-9)2-4-11-8/h1-5H. The third-order valence-electron chi connectivity index (χ3n) is 1.86. The van der Waals surface area contributed by atoms with E-state index in [1.165, 1.54) is 10.1 Å². The Balaban J connectivity index is 2.62. The second-order valence-electron chi connectivity index (χ2n) is 2.61. The van der Waals surface area contributed by atoms with Gasteiger partial charge in [-0.05, 0) is 29.0 Å². The van der Waals surface area contributed by atoms with Crippen molar-refractivity contribution in [3.05, 3.63) is 29.0 Å². The summed E-state index contributed by atoms with van der Waals surface area (Å²) in [7, 11) is 0. The van der Waals surface area contributed by atoms with Crippen LogP contribution in [0.25, 0.3) is 20.4 Å². The zero-order valence-electron chi connectivity index (χ0n) is 6.15. The van der Waals surface area contributed by atoms with Gasteiger partial charge in [-0.2, -0.15) is 0 Å². The molecule has 3 rings (SSSR count). The fourth-order valence-electron chi connectivity index (χ4n) is 1.28. The lowest BCUT2D eigenvalue weighted by atomic mass is 10.3. The molecule has 12 heavy (non-hydrogen) atoms. The molecule has 3 aromatic rings. The number of pyridine rings is 1. The Hall–Kier alpha value is -0.930. The van der Waals surface area contributed by atoms with Gasteiger partial charge in [-0.15, -0.1) is 22.7 Å². The van der Waals surface area contributed by atoms with E-state index in [1.807, 2.05) is 0 Å². The Bertz CT molecular complexity index is 444. The number of rotatable bonds is 0. The molecule has 0 saturated heterocycles. The monoisotopic (exact) mass is 191 g/mol. The minimum atomic E-state index is 1.12. The van der Waals surface area contributed by atoms with E-state index in [2.05, 4.69) is 33.9 Å². The van der Waals surface area contributed by atoms with Crippen LogP contribution < -0.4 is 0 Å². The van der Waals surface area contributed by atoms with Crippen molar-refractivity contribution in [1.29, 1.82) is 0 Å². The normalized spacial score (nSPS) is 11.3. The molecule has 0 bridgehead atoms. The van der Waals surface area contributed by atoms with E-state index in [4.69, 9.17) is 0 Å². The topological polar surface area (TPSA) is 12.9 Å². The van der Waals surface area contributed by atoms with E-state index in [0.717, 1.165) is 10.3 Å². The van der Waals surface area contributed by atoms with Crippen LogP contribution >= 0.6 is 22.7 Å². The molecule has 0 aliphatic rings. The number of hydrogen-bond donors (Lipinski definition) is 0. The molecule has 0 aliphatic carbocycles. The maximum Gasteiger partial charge on any atom is 0.124 e. The first-order chi connectivity index (χ1) is 5.93. The number of thiophene rings is 2. The second-order valence-corrected chi connectivity index (χ2v) is 4.45. The first-order valence-corrected chi connectivity index (χ1v) is 5.41. The summed E-state index contributed by atoms with van der Waals surface area (Å²) in [5.74, 6) is 0. The van der Waals surface area contributed by atoms with Gasteiger partial charge in [0.15, 0.2) is 0 Å². The lowest BCUT2D eigenvalue weighted by Gasteiger charge is -1.88. The molecular formula is C9H5NS2. The van der Waals surface area contributed by atoms with E-state index in [-0.39, 0.29) is 0 Å². The maximum atomic E-state index is 4.53. The molecule has 0 amide bonds. The predicted octanol–water partition coefficient (Wildman–Crippen LogP) is 3.51. The molecule has 0 saturated carbocycles. The maximum absolute atomic E-state index is 4.53. The van der Waals surface area contributed by atoms with Crippen LogP contribution in [-0.2, 0) is 0 Å². The Morgan fingerprint density at radius 3 is 3.00 bits per heavy atom. The largest absolute Gasteiger partial charge is 0.236 e. The lowest BCUT2D eigenvalue weighted by molar-refractivity contribution is 1.57. The summed E-state index contributed by atoms with van der Waals surface area (Å²) in [6.07, 6.45) is 0. The van der Waals surface area contributed by atoms with Gasteiger partial charge in [0, 0.05) is 5.39 Å². The molecule has 3 aromatic heterocycles. The SMILES string of the molecule is c1cc2nc3sccc3cc2s1. The molecule has 0 fully saturated rings. The van der Waals surface area contributed by atoms with Gasteiger partial charge in [-0.25, -0.2) is 4.98 Å². The van der Waals surface area contributed by atoms with Crippen LogP contribution in [0, 0.1) is 0 Å². The number of aromatic nitrogens is 1. The van der Waals surface area contributed by atoms with Gasteiger partial charge in [-0.1, -0.05) is 0 Å². The fourth-order valence-corrected chi connectivity index (χ4v) is 2.81.